The Hall–Kier alpha value is -1.13. The van der Waals surface area contributed by atoms with Crippen molar-refractivity contribution in [3.63, 3.8) is 0 Å². The van der Waals surface area contributed by atoms with Crippen LogP contribution in [0.5, 0.6) is 0 Å². The second-order valence-corrected chi connectivity index (χ2v) is 10.4. The van der Waals surface area contributed by atoms with Gasteiger partial charge in [-0.05, 0) is 53.2 Å². The molecule has 0 spiro atoms. The van der Waals surface area contributed by atoms with Crippen molar-refractivity contribution < 1.29 is 8.42 Å². The molecule has 2 rings (SSSR count). The molecule has 0 aromatic heterocycles. The van der Waals surface area contributed by atoms with Gasteiger partial charge in [0.1, 0.15) is 0 Å². The van der Waals surface area contributed by atoms with Gasteiger partial charge in [-0.25, -0.2) is 13.1 Å². The zero-order chi connectivity index (χ0) is 19.6. The lowest BCUT2D eigenvalue weighted by molar-refractivity contribution is 0.462. The lowest BCUT2D eigenvalue weighted by atomic mass is 9.89. The Morgan fingerprint density at radius 3 is 1.92 bits per heavy atom. The van der Waals surface area contributed by atoms with Gasteiger partial charge in [0, 0.05) is 6.04 Å². The largest absolute Gasteiger partial charge is 0.241 e. The number of benzene rings is 1. The van der Waals surface area contributed by atoms with Crippen molar-refractivity contribution >= 4 is 10.0 Å². The van der Waals surface area contributed by atoms with Crippen LogP contribution < -0.4 is 4.72 Å². The Labute approximate surface area is 160 Å². The second kappa shape index (κ2) is 8.26. The monoisotopic (exact) mass is 377 g/mol. The number of sulfonamides is 1. The van der Waals surface area contributed by atoms with E-state index in [1.54, 1.807) is 0 Å². The van der Waals surface area contributed by atoms with Crippen LogP contribution in [0.1, 0.15) is 95.8 Å². The van der Waals surface area contributed by atoms with Crippen molar-refractivity contribution in [3.8, 4) is 0 Å². The van der Waals surface area contributed by atoms with Crippen molar-refractivity contribution in [1.29, 1.82) is 0 Å². The standard InChI is InChI=1S/C22H35NO2S/c1-14(2)18-12-20(15(3)4)22(21(13-18)16(5)6)26(24,25)23-19-10-8-9-17(7)11-19/h8,10,12-17,19,23H,9,11H2,1-7H3/t17-,19+/m0/s1. The molecule has 0 aliphatic heterocycles. The van der Waals surface area contributed by atoms with Gasteiger partial charge in [0.15, 0.2) is 0 Å². The van der Waals surface area contributed by atoms with Crippen LogP contribution >= 0.6 is 0 Å². The summed E-state index contributed by atoms with van der Waals surface area (Å²) in [5, 5.41) is 0. The molecule has 26 heavy (non-hydrogen) atoms. The summed E-state index contributed by atoms with van der Waals surface area (Å²) in [6.07, 6.45) is 5.98. The summed E-state index contributed by atoms with van der Waals surface area (Å²) in [4.78, 5) is 0.499. The molecule has 1 aliphatic carbocycles. The summed E-state index contributed by atoms with van der Waals surface area (Å²) < 4.78 is 29.8. The van der Waals surface area contributed by atoms with Crippen LogP contribution in [0.25, 0.3) is 0 Å². The van der Waals surface area contributed by atoms with Gasteiger partial charge < -0.3 is 0 Å². The SMILES string of the molecule is CC(C)c1cc(C(C)C)c(S(=O)(=O)N[C@@H]2C=CC[C@H](C)C2)c(C(C)C)c1. The van der Waals surface area contributed by atoms with Gasteiger partial charge >= 0.3 is 0 Å². The maximum atomic E-state index is 13.4. The van der Waals surface area contributed by atoms with Gasteiger partial charge in [-0.1, -0.05) is 72.8 Å². The Morgan fingerprint density at radius 1 is 0.962 bits per heavy atom. The van der Waals surface area contributed by atoms with E-state index in [1.165, 1.54) is 5.56 Å². The smallest absolute Gasteiger partial charge is 0.207 e. The molecule has 0 saturated carbocycles. The highest BCUT2D eigenvalue weighted by atomic mass is 32.2. The number of hydrogen-bond acceptors (Lipinski definition) is 2. The number of rotatable bonds is 6. The number of allylic oxidation sites excluding steroid dienone is 1. The van der Waals surface area contributed by atoms with Crippen LogP contribution in [0.2, 0.25) is 0 Å². The first-order valence-corrected chi connectivity index (χ1v) is 11.4. The normalized spacial score (nSPS) is 21.2. The van der Waals surface area contributed by atoms with E-state index in [0.717, 1.165) is 24.0 Å². The van der Waals surface area contributed by atoms with Crippen LogP contribution in [0, 0.1) is 5.92 Å². The van der Waals surface area contributed by atoms with Gasteiger partial charge in [-0.2, -0.15) is 0 Å². The van der Waals surface area contributed by atoms with Crippen LogP contribution in [-0.2, 0) is 10.0 Å². The van der Waals surface area contributed by atoms with Gasteiger partial charge in [-0.15, -0.1) is 0 Å². The van der Waals surface area contributed by atoms with Crippen molar-refractivity contribution in [2.24, 2.45) is 5.92 Å². The summed E-state index contributed by atoms with van der Waals surface area (Å²) in [5.74, 6) is 1.18. The van der Waals surface area contributed by atoms with Gasteiger partial charge in [0.05, 0.1) is 4.90 Å². The van der Waals surface area contributed by atoms with Gasteiger partial charge in [-0.3, -0.25) is 0 Å². The van der Waals surface area contributed by atoms with E-state index in [4.69, 9.17) is 0 Å². The van der Waals surface area contributed by atoms with E-state index in [1.807, 2.05) is 6.08 Å². The topological polar surface area (TPSA) is 46.2 Å². The van der Waals surface area contributed by atoms with Crippen molar-refractivity contribution in [1.82, 2.24) is 4.72 Å². The molecule has 1 aromatic carbocycles. The third-order valence-electron chi connectivity index (χ3n) is 5.22. The predicted molar refractivity (Wildman–Crippen MR) is 110 cm³/mol. The minimum Gasteiger partial charge on any atom is -0.207 e. The van der Waals surface area contributed by atoms with Gasteiger partial charge in [0.2, 0.25) is 10.0 Å². The molecule has 1 aliphatic rings. The molecule has 2 atom stereocenters. The molecule has 3 nitrogen and oxygen atoms in total. The fourth-order valence-electron chi connectivity index (χ4n) is 3.63. The lowest BCUT2D eigenvalue weighted by Gasteiger charge is -2.26. The minimum atomic E-state index is -3.58. The van der Waals surface area contributed by atoms with Crippen LogP contribution in [0.4, 0.5) is 0 Å². The first kappa shape index (κ1) is 21.2. The summed E-state index contributed by atoms with van der Waals surface area (Å²) in [5.41, 5.74) is 3.07. The fourth-order valence-corrected chi connectivity index (χ4v) is 5.53. The predicted octanol–water partition coefficient (Wildman–Crippen LogP) is 5.69. The van der Waals surface area contributed by atoms with Crippen molar-refractivity contribution in [2.45, 2.75) is 90.0 Å². The van der Waals surface area contributed by atoms with E-state index < -0.39 is 10.0 Å². The molecule has 4 heteroatoms. The summed E-state index contributed by atoms with van der Waals surface area (Å²) in [7, 11) is -3.58. The average Bonchev–Trinajstić information content (AvgIpc) is 2.52. The second-order valence-electron chi connectivity index (χ2n) is 8.73. The third-order valence-corrected chi connectivity index (χ3v) is 6.84. The van der Waals surface area contributed by atoms with Crippen molar-refractivity contribution in [2.75, 3.05) is 0 Å². The van der Waals surface area contributed by atoms with Crippen LogP contribution in [0.3, 0.4) is 0 Å². The fraction of sp³-hybridized carbons (Fsp3) is 0.636. The average molecular weight is 378 g/mol. The molecule has 0 radical (unpaired) electrons. The molecule has 0 unspecified atom stereocenters. The lowest BCUT2D eigenvalue weighted by Crippen LogP contribution is -2.37. The molecule has 146 valence electrons. The molecule has 0 fully saturated rings. The maximum Gasteiger partial charge on any atom is 0.241 e. The maximum absolute atomic E-state index is 13.4. The molecule has 1 aromatic rings. The van der Waals surface area contributed by atoms with E-state index in [0.29, 0.717) is 16.7 Å². The molecule has 0 saturated heterocycles. The molecule has 0 heterocycles. The molecule has 0 bridgehead atoms. The van der Waals surface area contributed by atoms with E-state index in [2.05, 4.69) is 71.4 Å². The first-order chi connectivity index (χ1) is 12.0. The van der Waals surface area contributed by atoms with E-state index in [9.17, 15) is 8.42 Å². The third kappa shape index (κ3) is 4.77. The highest BCUT2D eigenvalue weighted by Crippen LogP contribution is 2.35. The zero-order valence-electron chi connectivity index (χ0n) is 17.3. The summed E-state index contributed by atoms with van der Waals surface area (Å²) >= 11 is 0. The van der Waals surface area contributed by atoms with Crippen LogP contribution in [-0.4, -0.2) is 14.5 Å². The Kier molecular flexibility index (Phi) is 6.73. The molecule has 1 N–H and O–H groups in total. The quantitative estimate of drug-likeness (QED) is 0.647. The highest BCUT2D eigenvalue weighted by molar-refractivity contribution is 7.89. The minimum absolute atomic E-state index is 0.117. The number of hydrogen-bond donors (Lipinski definition) is 1. The van der Waals surface area contributed by atoms with E-state index in [-0.39, 0.29) is 17.9 Å². The highest BCUT2D eigenvalue weighted by Gasteiger charge is 2.29. The molecular weight excluding hydrogens is 342 g/mol. The van der Waals surface area contributed by atoms with Crippen LogP contribution in [0.15, 0.2) is 29.2 Å². The Bertz CT molecular complexity index is 731. The van der Waals surface area contributed by atoms with E-state index >= 15 is 0 Å². The number of nitrogens with one attached hydrogen (secondary N) is 1. The summed E-state index contributed by atoms with van der Waals surface area (Å²) in [6, 6.07) is 4.07. The Morgan fingerprint density at radius 2 is 1.50 bits per heavy atom. The molecular formula is C22H35NO2S. The zero-order valence-corrected chi connectivity index (χ0v) is 18.2. The molecule has 0 amide bonds. The van der Waals surface area contributed by atoms with Gasteiger partial charge in [0.25, 0.3) is 0 Å². The summed E-state index contributed by atoms with van der Waals surface area (Å²) in [6.45, 7) is 14.8. The van der Waals surface area contributed by atoms with Crippen molar-refractivity contribution in [3.05, 3.63) is 41.0 Å². The first-order valence-electron chi connectivity index (χ1n) is 9.89. The Balaban J connectivity index is 2.58.